The van der Waals surface area contributed by atoms with E-state index in [0.29, 0.717) is 5.69 Å². The van der Waals surface area contributed by atoms with E-state index in [-0.39, 0.29) is 11.5 Å². The molecular formula is C17H24N6O. The van der Waals surface area contributed by atoms with Crippen LogP contribution in [-0.2, 0) is 0 Å². The van der Waals surface area contributed by atoms with E-state index in [2.05, 4.69) is 56.6 Å². The molecule has 0 aliphatic carbocycles. The number of aromatic nitrogens is 3. The van der Waals surface area contributed by atoms with Gasteiger partial charge in [0, 0.05) is 18.8 Å². The summed E-state index contributed by atoms with van der Waals surface area (Å²) < 4.78 is 0. The van der Waals surface area contributed by atoms with E-state index in [1.807, 2.05) is 12.1 Å². The molecule has 0 amide bonds. The van der Waals surface area contributed by atoms with Crippen LogP contribution >= 0.6 is 0 Å². The molecule has 1 aromatic carbocycles. The van der Waals surface area contributed by atoms with E-state index in [4.69, 9.17) is 0 Å². The highest BCUT2D eigenvalue weighted by atomic mass is 16.1. The van der Waals surface area contributed by atoms with Crippen LogP contribution in [0.3, 0.4) is 0 Å². The summed E-state index contributed by atoms with van der Waals surface area (Å²) in [6.45, 7) is 8.09. The first-order chi connectivity index (χ1) is 11.6. The van der Waals surface area contributed by atoms with Gasteiger partial charge in [-0.3, -0.25) is 9.78 Å². The molecule has 0 saturated heterocycles. The molecule has 0 radical (unpaired) electrons. The van der Waals surface area contributed by atoms with Gasteiger partial charge in [0.05, 0.1) is 6.21 Å². The summed E-state index contributed by atoms with van der Waals surface area (Å²) >= 11 is 0. The van der Waals surface area contributed by atoms with Crippen LogP contribution in [0.5, 0.6) is 0 Å². The average Bonchev–Trinajstić information content (AvgIpc) is 2.58. The van der Waals surface area contributed by atoms with Crippen LogP contribution in [0.15, 0.2) is 34.2 Å². The number of hydrazone groups is 1. The molecule has 2 N–H and O–H groups in total. The largest absolute Gasteiger partial charge is 0.372 e. The summed E-state index contributed by atoms with van der Waals surface area (Å²) in [6, 6.07) is 8.23. The Hall–Kier alpha value is -2.70. The molecule has 0 bridgehead atoms. The monoisotopic (exact) mass is 328 g/mol. The van der Waals surface area contributed by atoms with E-state index >= 15 is 0 Å². The lowest BCUT2D eigenvalue weighted by Crippen LogP contribution is -2.24. The first-order valence-corrected chi connectivity index (χ1v) is 8.21. The number of hydrogen-bond acceptors (Lipinski definition) is 6. The lowest BCUT2D eigenvalue weighted by Gasteiger charge is -2.23. The minimum atomic E-state index is -0.279. The third-order valence-electron chi connectivity index (χ3n) is 3.49. The predicted octanol–water partition coefficient (Wildman–Crippen LogP) is 2.55. The number of aryl methyl sites for hydroxylation is 1. The van der Waals surface area contributed by atoms with Gasteiger partial charge < -0.3 is 4.90 Å². The molecule has 1 aromatic heterocycles. The molecule has 2 aromatic rings. The molecule has 128 valence electrons. The van der Waals surface area contributed by atoms with E-state index in [0.717, 1.165) is 31.5 Å². The Kier molecular flexibility index (Phi) is 6.48. The molecule has 2 rings (SSSR count). The van der Waals surface area contributed by atoms with Gasteiger partial charge in [0.2, 0.25) is 5.95 Å². The molecule has 1 heterocycles. The highest BCUT2D eigenvalue weighted by Gasteiger charge is 2.03. The zero-order valence-electron chi connectivity index (χ0n) is 14.4. The minimum Gasteiger partial charge on any atom is -0.372 e. The molecule has 0 aliphatic heterocycles. The fourth-order valence-corrected chi connectivity index (χ4v) is 2.29. The summed E-state index contributed by atoms with van der Waals surface area (Å²) in [5, 5.41) is 11.6. The SMILES string of the molecule is CCCN(CCC)c1ccc(/C=N\Nc2nnc(C)c(=O)[nH]2)cc1. The number of aromatic amines is 1. The maximum absolute atomic E-state index is 11.4. The van der Waals surface area contributed by atoms with Crippen LogP contribution in [0, 0.1) is 6.92 Å². The van der Waals surface area contributed by atoms with Gasteiger partial charge in [-0.05, 0) is 37.5 Å². The van der Waals surface area contributed by atoms with Crippen molar-refractivity contribution in [1.29, 1.82) is 0 Å². The van der Waals surface area contributed by atoms with E-state index in [9.17, 15) is 4.79 Å². The average molecular weight is 328 g/mol. The smallest absolute Gasteiger partial charge is 0.274 e. The molecule has 7 nitrogen and oxygen atoms in total. The second kappa shape index (κ2) is 8.81. The van der Waals surface area contributed by atoms with Crippen molar-refractivity contribution in [3.8, 4) is 0 Å². The number of benzene rings is 1. The van der Waals surface area contributed by atoms with Gasteiger partial charge in [-0.25, -0.2) is 5.43 Å². The van der Waals surface area contributed by atoms with Crippen molar-refractivity contribution in [2.75, 3.05) is 23.4 Å². The molecule has 0 atom stereocenters. The van der Waals surface area contributed by atoms with Gasteiger partial charge in [-0.2, -0.15) is 5.10 Å². The lowest BCUT2D eigenvalue weighted by molar-refractivity contribution is 0.745. The molecular weight excluding hydrogens is 304 g/mol. The van der Waals surface area contributed by atoms with Crippen LogP contribution in [-0.4, -0.2) is 34.5 Å². The molecule has 0 saturated carbocycles. The third-order valence-corrected chi connectivity index (χ3v) is 3.49. The number of rotatable bonds is 8. The second-order valence-corrected chi connectivity index (χ2v) is 5.54. The fourth-order valence-electron chi connectivity index (χ4n) is 2.29. The Balaban J connectivity index is 1.99. The van der Waals surface area contributed by atoms with Crippen molar-refractivity contribution in [2.24, 2.45) is 5.10 Å². The zero-order chi connectivity index (χ0) is 17.4. The zero-order valence-corrected chi connectivity index (χ0v) is 14.4. The van der Waals surface area contributed by atoms with E-state index in [1.54, 1.807) is 13.1 Å². The van der Waals surface area contributed by atoms with Crippen molar-refractivity contribution < 1.29 is 0 Å². The molecule has 0 unspecified atom stereocenters. The fraction of sp³-hybridized carbons (Fsp3) is 0.412. The number of anilines is 2. The minimum absolute atomic E-state index is 0.218. The second-order valence-electron chi connectivity index (χ2n) is 5.54. The molecule has 0 spiro atoms. The molecule has 7 heteroatoms. The van der Waals surface area contributed by atoms with Crippen LogP contribution in [0.4, 0.5) is 11.6 Å². The van der Waals surface area contributed by atoms with Crippen molar-refractivity contribution in [3.63, 3.8) is 0 Å². The topological polar surface area (TPSA) is 86.3 Å². The van der Waals surface area contributed by atoms with Gasteiger partial charge in [-0.1, -0.05) is 26.0 Å². The van der Waals surface area contributed by atoms with Gasteiger partial charge in [0.25, 0.3) is 5.56 Å². The summed E-state index contributed by atoms with van der Waals surface area (Å²) in [7, 11) is 0. The molecule has 24 heavy (non-hydrogen) atoms. The highest BCUT2D eigenvalue weighted by Crippen LogP contribution is 2.15. The first kappa shape index (κ1) is 17.7. The normalized spacial score (nSPS) is 11.0. The summed E-state index contributed by atoms with van der Waals surface area (Å²) in [5.74, 6) is 0.218. The summed E-state index contributed by atoms with van der Waals surface area (Å²) in [5.41, 5.74) is 4.89. The quantitative estimate of drug-likeness (QED) is 0.574. The maximum atomic E-state index is 11.4. The summed E-state index contributed by atoms with van der Waals surface area (Å²) in [4.78, 5) is 16.4. The van der Waals surface area contributed by atoms with Gasteiger partial charge in [-0.15, -0.1) is 10.2 Å². The number of nitrogens with zero attached hydrogens (tertiary/aromatic N) is 4. The Morgan fingerprint density at radius 2 is 1.83 bits per heavy atom. The van der Waals surface area contributed by atoms with Crippen LogP contribution in [0.25, 0.3) is 0 Å². The number of H-pyrrole nitrogens is 1. The highest BCUT2D eigenvalue weighted by molar-refractivity contribution is 5.80. The molecule has 0 aliphatic rings. The van der Waals surface area contributed by atoms with Crippen molar-refractivity contribution in [3.05, 3.63) is 45.9 Å². The Morgan fingerprint density at radius 3 is 2.42 bits per heavy atom. The lowest BCUT2D eigenvalue weighted by atomic mass is 10.2. The van der Waals surface area contributed by atoms with Crippen LogP contribution < -0.4 is 15.9 Å². The van der Waals surface area contributed by atoms with Gasteiger partial charge in [0.1, 0.15) is 5.69 Å². The Morgan fingerprint density at radius 1 is 1.17 bits per heavy atom. The van der Waals surface area contributed by atoms with Gasteiger partial charge >= 0.3 is 0 Å². The van der Waals surface area contributed by atoms with Crippen molar-refractivity contribution >= 4 is 17.9 Å². The van der Waals surface area contributed by atoms with Crippen LogP contribution in [0.1, 0.15) is 37.9 Å². The first-order valence-electron chi connectivity index (χ1n) is 8.21. The van der Waals surface area contributed by atoms with Crippen molar-refractivity contribution in [2.45, 2.75) is 33.6 Å². The Labute approximate surface area is 141 Å². The number of hydrogen-bond donors (Lipinski definition) is 2. The maximum Gasteiger partial charge on any atom is 0.274 e. The Bertz CT molecular complexity index is 717. The van der Waals surface area contributed by atoms with Crippen molar-refractivity contribution in [1.82, 2.24) is 15.2 Å². The third kappa shape index (κ3) is 4.91. The number of nitrogens with one attached hydrogen (secondary N) is 2. The summed E-state index contributed by atoms with van der Waals surface area (Å²) in [6.07, 6.45) is 3.93. The van der Waals surface area contributed by atoms with Gasteiger partial charge in [0.15, 0.2) is 0 Å². The standard InChI is InChI=1S/C17H24N6O/c1-4-10-23(11-5-2)15-8-6-14(7-9-15)12-18-21-17-19-16(24)13(3)20-22-17/h6-9,12H,4-5,10-11H2,1-3H3,(H2,19,21,22,24)/b18-12-. The van der Waals surface area contributed by atoms with E-state index < -0.39 is 0 Å². The predicted molar refractivity (Wildman–Crippen MR) is 97.8 cm³/mol. The molecule has 0 fully saturated rings. The van der Waals surface area contributed by atoms with E-state index in [1.165, 1.54) is 5.69 Å². The van der Waals surface area contributed by atoms with Crippen LogP contribution in [0.2, 0.25) is 0 Å².